The maximum atomic E-state index is 5.14. The summed E-state index contributed by atoms with van der Waals surface area (Å²) in [5.74, 6) is 2.53. The van der Waals surface area contributed by atoms with E-state index < -0.39 is 0 Å². The number of halogens is 1. The van der Waals surface area contributed by atoms with Crippen molar-refractivity contribution in [2.24, 2.45) is 4.99 Å². The van der Waals surface area contributed by atoms with E-state index in [0.29, 0.717) is 13.2 Å². The molecule has 3 heterocycles. The molecule has 0 spiro atoms. The first-order valence-corrected chi connectivity index (χ1v) is 10.2. The van der Waals surface area contributed by atoms with E-state index in [0.717, 1.165) is 53.9 Å². The van der Waals surface area contributed by atoms with Crippen LogP contribution in [0.25, 0.3) is 5.69 Å². The lowest BCUT2D eigenvalue weighted by atomic mass is 10.1. The summed E-state index contributed by atoms with van der Waals surface area (Å²) in [6, 6.07) is 10.5. The topological polar surface area (TPSA) is 94.2 Å². The maximum absolute atomic E-state index is 5.14. The van der Waals surface area contributed by atoms with E-state index in [1.54, 1.807) is 14.2 Å². The van der Waals surface area contributed by atoms with Crippen LogP contribution in [0, 0.1) is 6.92 Å². The fourth-order valence-electron chi connectivity index (χ4n) is 3.67. The number of fused-ring (bicyclic) bond motifs is 1. The lowest BCUT2D eigenvalue weighted by Gasteiger charge is -2.25. The molecule has 4 rings (SSSR count). The molecule has 2 N–H and O–H groups in total. The normalized spacial score (nSPS) is 15.8. The van der Waals surface area contributed by atoms with Crippen LogP contribution in [-0.4, -0.2) is 50.7 Å². The highest BCUT2D eigenvalue weighted by Gasteiger charge is 2.22. The minimum atomic E-state index is 0. The molecule has 0 aliphatic carbocycles. The van der Waals surface area contributed by atoms with Crippen LogP contribution in [0.15, 0.2) is 41.5 Å². The fourth-order valence-corrected chi connectivity index (χ4v) is 3.67. The van der Waals surface area contributed by atoms with Crippen molar-refractivity contribution in [3.8, 4) is 5.69 Å². The smallest absolute Gasteiger partial charge is 0.191 e. The van der Waals surface area contributed by atoms with Crippen molar-refractivity contribution in [1.82, 2.24) is 35.2 Å². The molecular weight excluding hydrogens is 507 g/mol. The average molecular weight is 536 g/mol. The molecule has 10 heteroatoms. The number of para-hydroxylation sites is 1. The van der Waals surface area contributed by atoms with Gasteiger partial charge in [0.2, 0.25) is 0 Å². The quantitative estimate of drug-likeness (QED) is 0.285. The highest BCUT2D eigenvalue weighted by atomic mass is 127. The van der Waals surface area contributed by atoms with Gasteiger partial charge in [0.1, 0.15) is 12.4 Å². The number of hydrogen-bond acceptors (Lipinski definition) is 5. The summed E-state index contributed by atoms with van der Waals surface area (Å²) in [6.45, 7) is 3.84. The van der Waals surface area contributed by atoms with Gasteiger partial charge in [-0.2, -0.15) is 10.2 Å². The molecule has 0 amide bonds. The number of aryl methyl sites for hydroxylation is 2. The van der Waals surface area contributed by atoms with E-state index >= 15 is 0 Å². The van der Waals surface area contributed by atoms with E-state index in [1.165, 1.54) is 0 Å². The first kappa shape index (κ1) is 23.2. The highest BCUT2D eigenvalue weighted by molar-refractivity contribution is 14.0. The summed E-state index contributed by atoms with van der Waals surface area (Å²) in [5, 5.41) is 16.0. The molecule has 166 valence electrons. The van der Waals surface area contributed by atoms with E-state index in [9.17, 15) is 0 Å². The molecule has 0 radical (unpaired) electrons. The summed E-state index contributed by atoms with van der Waals surface area (Å²) in [7, 11) is 3.45. The van der Waals surface area contributed by atoms with Gasteiger partial charge in [0.05, 0.1) is 17.9 Å². The lowest BCUT2D eigenvalue weighted by Crippen LogP contribution is -2.46. The third-order valence-corrected chi connectivity index (χ3v) is 5.15. The van der Waals surface area contributed by atoms with Crippen LogP contribution >= 0.6 is 24.0 Å². The first-order valence-electron chi connectivity index (χ1n) is 10.2. The number of aliphatic imine (C=N–C) groups is 1. The molecule has 2 aromatic heterocycles. The van der Waals surface area contributed by atoms with Gasteiger partial charge < -0.3 is 15.4 Å². The van der Waals surface area contributed by atoms with E-state index in [2.05, 4.69) is 42.9 Å². The van der Waals surface area contributed by atoms with Crippen molar-refractivity contribution in [1.29, 1.82) is 0 Å². The molecule has 1 aliphatic rings. The predicted molar refractivity (Wildman–Crippen MR) is 130 cm³/mol. The minimum absolute atomic E-state index is 0. The van der Waals surface area contributed by atoms with Gasteiger partial charge >= 0.3 is 0 Å². The molecule has 1 unspecified atom stereocenters. The Morgan fingerprint density at radius 3 is 2.84 bits per heavy atom. The van der Waals surface area contributed by atoms with Gasteiger partial charge in [0.25, 0.3) is 0 Å². The molecule has 0 saturated heterocycles. The third kappa shape index (κ3) is 5.62. The Bertz CT molecular complexity index is 1030. The Morgan fingerprint density at radius 2 is 2.10 bits per heavy atom. The summed E-state index contributed by atoms with van der Waals surface area (Å²) < 4.78 is 9.02. The van der Waals surface area contributed by atoms with E-state index in [4.69, 9.17) is 4.74 Å². The van der Waals surface area contributed by atoms with E-state index in [-0.39, 0.29) is 30.0 Å². The van der Waals surface area contributed by atoms with Crippen LogP contribution in [0.4, 0.5) is 0 Å². The largest absolute Gasteiger partial charge is 0.377 e. The number of guanidine groups is 1. The Balaban J connectivity index is 0.00000272. The zero-order chi connectivity index (χ0) is 20.9. The Morgan fingerprint density at radius 1 is 1.26 bits per heavy atom. The van der Waals surface area contributed by atoms with Gasteiger partial charge in [-0.3, -0.25) is 4.99 Å². The van der Waals surface area contributed by atoms with Crippen LogP contribution in [0.2, 0.25) is 0 Å². The molecule has 1 aromatic carbocycles. The number of benzene rings is 1. The predicted octanol–water partition coefficient (Wildman–Crippen LogP) is 2.22. The molecule has 0 fully saturated rings. The molecule has 1 atom stereocenters. The van der Waals surface area contributed by atoms with Crippen molar-refractivity contribution in [3.05, 3.63) is 59.4 Å². The van der Waals surface area contributed by atoms with Crippen LogP contribution in [-0.2, 0) is 30.9 Å². The highest BCUT2D eigenvalue weighted by Crippen LogP contribution is 2.15. The third-order valence-electron chi connectivity index (χ3n) is 5.15. The first-order chi connectivity index (χ1) is 14.7. The zero-order valence-electron chi connectivity index (χ0n) is 18.1. The molecular formula is C21H29IN8O. The number of hydrogen-bond donors (Lipinski definition) is 2. The number of methoxy groups -OCH3 is 1. The Hall–Kier alpha value is -2.47. The summed E-state index contributed by atoms with van der Waals surface area (Å²) in [4.78, 5) is 8.94. The van der Waals surface area contributed by atoms with Gasteiger partial charge in [0.15, 0.2) is 11.8 Å². The van der Waals surface area contributed by atoms with Gasteiger partial charge in [0, 0.05) is 39.4 Å². The van der Waals surface area contributed by atoms with Crippen molar-refractivity contribution in [2.45, 2.75) is 45.5 Å². The SMILES string of the molecule is CN=C(NCc1ccccc1-n1ccc(C)n1)NC1CCc2nc(COC)nn2C1.I. The second kappa shape index (κ2) is 10.7. The van der Waals surface area contributed by atoms with Gasteiger partial charge in [-0.1, -0.05) is 18.2 Å². The molecule has 31 heavy (non-hydrogen) atoms. The zero-order valence-corrected chi connectivity index (χ0v) is 20.4. The molecule has 3 aromatic rings. The van der Waals surface area contributed by atoms with Crippen molar-refractivity contribution in [3.63, 3.8) is 0 Å². The van der Waals surface area contributed by atoms with Crippen molar-refractivity contribution >= 4 is 29.9 Å². The van der Waals surface area contributed by atoms with Crippen LogP contribution in [0.1, 0.15) is 29.3 Å². The fraction of sp³-hybridized carbons (Fsp3) is 0.429. The van der Waals surface area contributed by atoms with Crippen molar-refractivity contribution in [2.75, 3.05) is 14.2 Å². The Kier molecular flexibility index (Phi) is 8.02. The van der Waals surface area contributed by atoms with Crippen LogP contribution in [0.5, 0.6) is 0 Å². The second-order valence-corrected chi connectivity index (χ2v) is 7.40. The van der Waals surface area contributed by atoms with Gasteiger partial charge in [-0.15, -0.1) is 24.0 Å². The lowest BCUT2D eigenvalue weighted by molar-refractivity contribution is 0.177. The summed E-state index contributed by atoms with van der Waals surface area (Å²) in [5.41, 5.74) is 3.20. The number of nitrogens with one attached hydrogen (secondary N) is 2. The monoisotopic (exact) mass is 536 g/mol. The number of ether oxygens (including phenoxy) is 1. The number of aromatic nitrogens is 5. The molecule has 0 saturated carbocycles. The average Bonchev–Trinajstić information content (AvgIpc) is 3.36. The van der Waals surface area contributed by atoms with Crippen molar-refractivity contribution < 1.29 is 4.74 Å². The van der Waals surface area contributed by atoms with Gasteiger partial charge in [-0.25, -0.2) is 14.3 Å². The summed E-state index contributed by atoms with van der Waals surface area (Å²) >= 11 is 0. The maximum Gasteiger partial charge on any atom is 0.191 e. The van der Waals surface area contributed by atoms with E-state index in [1.807, 2.05) is 40.7 Å². The van der Waals surface area contributed by atoms with Crippen LogP contribution in [0.3, 0.4) is 0 Å². The van der Waals surface area contributed by atoms with Crippen LogP contribution < -0.4 is 10.6 Å². The minimum Gasteiger partial charge on any atom is -0.377 e. The Labute approximate surface area is 199 Å². The standard InChI is InChI=1S/C21H28N8O.HI/c1-15-10-11-28(26-15)18-7-5-4-6-16(18)12-23-21(22-2)24-17-8-9-20-25-19(14-30-3)27-29(20)13-17;/h4-7,10-11,17H,8-9,12-14H2,1-3H3,(H2,22,23,24);1H. The number of rotatable bonds is 6. The molecule has 0 bridgehead atoms. The second-order valence-electron chi connectivity index (χ2n) is 7.40. The van der Waals surface area contributed by atoms with Gasteiger partial charge in [-0.05, 0) is 31.0 Å². The number of nitrogens with zero attached hydrogens (tertiary/aromatic N) is 6. The molecule has 9 nitrogen and oxygen atoms in total. The molecule has 1 aliphatic heterocycles. The summed E-state index contributed by atoms with van der Waals surface area (Å²) in [6.07, 6.45) is 3.85.